The fourth-order valence-corrected chi connectivity index (χ4v) is 0.911. The van der Waals surface area contributed by atoms with Crippen LogP contribution in [0.1, 0.15) is 27.7 Å². The largest absolute Gasteiger partial charge is 0.331 e. The molecular formula is C10H23N3O. The normalized spacial score (nSPS) is 22.1. The molecule has 0 atom stereocenters. The van der Waals surface area contributed by atoms with Gasteiger partial charge >= 0.3 is 6.03 Å². The fraction of sp³-hybridized carbons (Fsp3) is 0.900. The van der Waals surface area contributed by atoms with Crippen LogP contribution in [0.25, 0.3) is 0 Å². The predicted molar refractivity (Wildman–Crippen MR) is 59.4 cm³/mol. The number of hydrogen-bond donors (Lipinski definition) is 2. The lowest BCUT2D eigenvalue weighted by Gasteiger charge is -2.32. The Morgan fingerprint density at radius 2 is 1.14 bits per heavy atom. The number of nitrogens with zero attached hydrogens (tertiary/aromatic N) is 1. The number of rotatable bonds is 0. The molecule has 0 aromatic rings. The maximum absolute atomic E-state index is 10.9. The summed E-state index contributed by atoms with van der Waals surface area (Å²) in [5.41, 5.74) is -0.297. The molecule has 0 spiro atoms. The van der Waals surface area contributed by atoms with Gasteiger partial charge in [-0.3, -0.25) is 0 Å². The molecule has 0 aromatic carbocycles. The molecule has 2 N–H and O–H groups in total. The Bertz CT molecular complexity index is 189. The summed E-state index contributed by atoms with van der Waals surface area (Å²) in [7, 11) is 6.00. The summed E-state index contributed by atoms with van der Waals surface area (Å²) in [5, 5.41) is 5.67. The first-order chi connectivity index (χ1) is 6.08. The Balaban J connectivity index is 0.000000364. The molecule has 4 heteroatoms. The van der Waals surface area contributed by atoms with E-state index in [1.54, 1.807) is 0 Å². The van der Waals surface area contributed by atoms with Crippen molar-refractivity contribution in [3.63, 3.8) is 0 Å². The van der Waals surface area contributed by atoms with Crippen molar-refractivity contribution in [1.82, 2.24) is 15.5 Å². The van der Waals surface area contributed by atoms with Gasteiger partial charge in [-0.05, 0) is 48.8 Å². The maximum Gasteiger partial charge on any atom is 0.315 e. The highest BCUT2D eigenvalue weighted by molar-refractivity contribution is 5.79. The lowest BCUT2D eigenvalue weighted by molar-refractivity contribution is 0.245. The molecule has 0 aromatic heterocycles. The molecule has 4 nitrogen and oxygen atoms in total. The molecule has 1 saturated heterocycles. The number of carbonyl (C=O) groups excluding carboxylic acids is 1. The highest BCUT2D eigenvalue weighted by Gasteiger charge is 2.44. The van der Waals surface area contributed by atoms with E-state index < -0.39 is 0 Å². The molecule has 0 saturated carbocycles. The average Bonchev–Trinajstić information content (AvgIpc) is 1.96. The van der Waals surface area contributed by atoms with E-state index in [0.717, 1.165) is 0 Å². The van der Waals surface area contributed by atoms with E-state index in [9.17, 15) is 4.79 Å². The second kappa shape index (κ2) is 4.17. The quantitative estimate of drug-likeness (QED) is 0.615. The van der Waals surface area contributed by atoms with Gasteiger partial charge in [0.2, 0.25) is 0 Å². The molecule has 1 aliphatic heterocycles. The molecule has 0 unspecified atom stereocenters. The van der Waals surface area contributed by atoms with Crippen molar-refractivity contribution >= 4 is 6.03 Å². The average molecular weight is 201 g/mol. The van der Waals surface area contributed by atoms with Crippen LogP contribution >= 0.6 is 0 Å². The monoisotopic (exact) mass is 201 g/mol. The first kappa shape index (κ1) is 13.2. The first-order valence-electron chi connectivity index (χ1n) is 4.80. The molecule has 1 fully saturated rings. The van der Waals surface area contributed by atoms with Crippen molar-refractivity contribution in [3.8, 4) is 0 Å². The second-order valence-electron chi connectivity index (χ2n) is 5.17. The molecule has 1 aliphatic rings. The molecule has 1 rings (SSSR count). The second-order valence-corrected chi connectivity index (χ2v) is 5.17. The molecule has 84 valence electrons. The van der Waals surface area contributed by atoms with E-state index in [1.165, 1.54) is 0 Å². The maximum atomic E-state index is 10.9. The van der Waals surface area contributed by atoms with Crippen LogP contribution in [0.15, 0.2) is 0 Å². The Labute approximate surface area is 87.0 Å². The van der Waals surface area contributed by atoms with Crippen LogP contribution in [0.4, 0.5) is 4.79 Å². The summed E-state index contributed by atoms with van der Waals surface area (Å²) in [6.45, 7) is 8.02. The van der Waals surface area contributed by atoms with E-state index in [4.69, 9.17) is 0 Å². The highest BCUT2D eigenvalue weighted by Crippen LogP contribution is 2.24. The van der Waals surface area contributed by atoms with Crippen molar-refractivity contribution in [2.45, 2.75) is 38.8 Å². The summed E-state index contributed by atoms with van der Waals surface area (Å²) in [5.74, 6) is 0. The van der Waals surface area contributed by atoms with Crippen LogP contribution in [0, 0.1) is 0 Å². The Kier molecular flexibility index (Phi) is 3.94. The number of carbonyl (C=O) groups is 1. The zero-order valence-corrected chi connectivity index (χ0v) is 10.4. The van der Waals surface area contributed by atoms with Gasteiger partial charge in [0.15, 0.2) is 0 Å². The zero-order valence-electron chi connectivity index (χ0n) is 10.4. The van der Waals surface area contributed by atoms with Gasteiger partial charge in [0.1, 0.15) is 0 Å². The third-order valence-corrected chi connectivity index (χ3v) is 2.41. The Morgan fingerprint density at radius 1 is 0.929 bits per heavy atom. The molecule has 0 radical (unpaired) electrons. The topological polar surface area (TPSA) is 44.4 Å². The fourth-order valence-electron chi connectivity index (χ4n) is 0.911. The van der Waals surface area contributed by atoms with Gasteiger partial charge in [0.05, 0.1) is 11.1 Å². The van der Waals surface area contributed by atoms with Crippen LogP contribution in [-0.2, 0) is 0 Å². The van der Waals surface area contributed by atoms with Gasteiger partial charge in [-0.25, -0.2) is 4.79 Å². The predicted octanol–water partition coefficient (Wildman–Crippen LogP) is 1.03. The molecule has 0 bridgehead atoms. The number of hydrogen-bond acceptors (Lipinski definition) is 2. The van der Waals surface area contributed by atoms with Crippen LogP contribution in [0.5, 0.6) is 0 Å². The van der Waals surface area contributed by atoms with E-state index >= 15 is 0 Å². The van der Waals surface area contributed by atoms with Crippen LogP contribution < -0.4 is 10.6 Å². The van der Waals surface area contributed by atoms with E-state index in [-0.39, 0.29) is 17.1 Å². The molecule has 2 amide bonds. The number of nitrogens with one attached hydrogen (secondary N) is 2. The number of amides is 2. The van der Waals surface area contributed by atoms with Gasteiger partial charge in [0.25, 0.3) is 0 Å². The van der Waals surface area contributed by atoms with Crippen molar-refractivity contribution < 1.29 is 4.79 Å². The van der Waals surface area contributed by atoms with Crippen molar-refractivity contribution in [1.29, 1.82) is 0 Å². The molecule has 14 heavy (non-hydrogen) atoms. The lowest BCUT2D eigenvalue weighted by atomic mass is 9.85. The van der Waals surface area contributed by atoms with Gasteiger partial charge < -0.3 is 15.5 Å². The van der Waals surface area contributed by atoms with Crippen molar-refractivity contribution in [3.05, 3.63) is 0 Å². The summed E-state index contributed by atoms with van der Waals surface area (Å²) < 4.78 is 0. The Hall–Kier alpha value is -0.770. The van der Waals surface area contributed by atoms with Crippen molar-refractivity contribution in [2.24, 2.45) is 0 Å². The highest BCUT2D eigenvalue weighted by atomic mass is 16.2. The van der Waals surface area contributed by atoms with Gasteiger partial charge in [-0.15, -0.1) is 0 Å². The Morgan fingerprint density at radius 3 is 1.21 bits per heavy atom. The lowest BCUT2D eigenvalue weighted by Crippen LogP contribution is -2.51. The third-order valence-electron chi connectivity index (χ3n) is 2.41. The summed E-state index contributed by atoms with van der Waals surface area (Å²) in [6, 6.07) is -0.0741. The van der Waals surface area contributed by atoms with Gasteiger partial charge in [-0.1, -0.05) is 0 Å². The van der Waals surface area contributed by atoms with Gasteiger partial charge in [0, 0.05) is 0 Å². The molecule has 1 heterocycles. The summed E-state index contributed by atoms with van der Waals surface area (Å²) in [6.07, 6.45) is 0. The summed E-state index contributed by atoms with van der Waals surface area (Å²) >= 11 is 0. The zero-order chi connectivity index (χ0) is 11.6. The van der Waals surface area contributed by atoms with Crippen molar-refractivity contribution in [2.75, 3.05) is 21.1 Å². The minimum absolute atomic E-state index is 0.0741. The SMILES string of the molecule is CC1(C)NC(=O)NC1(C)C.CN(C)C. The van der Waals surface area contributed by atoms with E-state index in [1.807, 2.05) is 53.7 Å². The summed E-state index contributed by atoms with van der Waals surface area (Å²) in [4.78, 5) is 12.9. The minimum atomic E-state index is -0.149. The van der Waals surface area contributed by atoms with E-state index in [0.29, 0.717) is 0 Å². The number of urea groups is 1. The van der Waals surface area contributed by atoms with Crippen LogP contribution in [0.2, 0.25) is 0 Å². The van der Waals surface area contributed by atoms with Gasteiger partial charge in [-0.2, -0.15) is 0 Å². The van der Waals surface area contributed by atoms with Crippen LogP contribution in [0.3, 0.4) is 0 Å². The molecular weight excluding hydrogens is 178 g/mol. The standard InChI is InChI=1S/C7H14N2O.C3H9N/c1-6(2)7(3,4)9-5(10)8-6;1-4(2)3/h1-4H3,(H2,8,9,10);1-3H3. The molecule has 0 aliphatic carbocycles. The van der Waals surface area contributed by atoms with Crippen LogP contribution in [-0.4, -0.2) is 43.2 Å². The van der Waals surface area contributed by atoms with E-state index in [2.05, 4.69) is 10.6 Å². The minimum Gasteiger partial charge on any atom is -0.331 e. The smallest absolute Gasteiger partial charge is 0.315 e. The third kappa shape index (κ3) is 3.54. The first-order valence-corrected chi connectivity index (χ1v) is 4.80.